The van der Waals surface area contributed by atoms with Gasteiger partial charge in [-0.25, -0.2) is 4.68 Å². The first kappa shape index (κ1) is 33.6. The predicted octanol–water partition coefficient (Wildman–Crippen LogP) is 8.52. The molecule has 7 nitrogen and oxygen atoms in total. The molecule has 0 saturated heterocycles. The van der Waals surface area contributed by atoms with Crippen molar-refractivity contribution >= 4 is 17.6 Å². The summed E-state index contributed by atoms with van der Waals surface area (Å²) in [5.41, 5.74) is 2.65. The molecule has 2 aromatic carbocycles. The van der Waals surface area contributed by atoms with Crippen molar-refractivity contribution in [3.63, 3.8) is 0 Å². The van der Waals surface area contributed by atoms with Gasteiger partial charge in [-0.1, -0.05) is 114 Å². The number of hydrogen-bond donors (Lipinski definition) is 2. The van der Waals surface area contributed by atoms with E-state index in [-0.39, 0.29) is 17.9 Å². The van der Waals surface area contributed by atoms with Crippen LogP contribution in [0.4, 0.5) is 5.69 Å². The second-order valence-electron chi connectivity index (χ2n) is 11.4. The number of anilines is 1. The van der Waals surface area contributed by atoms with Crippen molar-refractivity contribution in [2.24, 2.45) is 13.0 Å². The molecule has 0 aliphatic heterocycles. The summed E-state index contributed by atoms with van der Waals surface area (Å²) in [6.45, 7) is 2.25. The molecule has 2 N–H and O–H groups in total. The topological polar surface area (TPSA) is 93.3 Å². The number of carboxylic acids is 1. The van der Waals surface area contributed by atoms with Gasteiger partial charge < -0.3 is 10.4 Å². The highest BCUT2D eigenvalue weighted by molar-refractivity contribution is 5.95. The van der Waals surface area contributed by atoms with Crippen LogP contribution in [0.2, 0.25) is 0 Å². The highest BCUT2D eigenvalue weighted by Crippen LogP contribution is 2.24. The molecule has 1 atom stereocenters. The molecule has 1 amide bonds. The fourth-order valence-corrected chi connectivity index (χ4v) is 5.47. The molecule has 0 aliphatic carbocycles. The number of carboxylic acid groups (broad SMARTS) is 1. The number of aromatic nitrogens is 2. The van der Waals surface area contributed by atoms with Crippen LogP contribution in [0.15, 0.2) is 77.6 Å². The van der Waals surface area contributed by atoms with Crippen LogP contribution < -0.4 is 10.9 Å². The van der Waals surface area contributed by atoms with E-state index in [1.54, 1.807) is 21.5 Å². The molecule has 0 spiro atoms. The van der Waals surface area contributed by atoms with E-state index in [1.807, 2.05) is 61.7 Å². The Morgan fingerprint density at radius 1 is 0.837 bits per heavy atom. The SMILES string of the molecule is CCCCCCCCCCCCC/C=C\C[C@H](CC(=O)O)C(=O)Nc1cccc(-c2cc(=O)n(-c3ccccc3)n2C)c1. The van der Waals surface area contributed by atoms with Gasteiger partial charge >= 0.3 is 5.97 Å². The number of amides is 1. The maximum Gasteiger partial charge on any atom is 0.304 e. The maximum atomic E-state index is 13.1. The number of para-hydroxylation sites is 1. The van der Waals surface area contributed by atoms with Crippen LogP contribution >= 0.6 is 0 Å². The third kappa shape index (κ3) is 11.4. The van der Waals surface area contributed by atoms with E-state index in [1.165, 1.54) is 64.2 Å². The molecule has 1 heterocycles. The second-order valence-corrected chi connectivity index (χ2v) is 11.4. The van der Waals surface area contributed by atoms with Gasteiger partial charge in [0.15, 0.2) is 0 Å². The molecule has 232 valence electrons. The Balaban J connectivity index is 1.48. The number of carbonyl (C=O) groups is 2. The van der Waals surface area contributed by atoms with Gasteiger partial charge in [0.1, 0.15) is 0 Å². The Labute approximate surface area is 256 Å². The Bertz CT molecular complexity index is 1360. The molecule has 0 bridgehead atoms. The first-order valence-electron chi connectivity index (χ1n) is 16.0. The molecule has 7 heteroatoms. The zero-order valence-electron chi connectivity index (χ0n) is 26.0. The van der Waals surface area contributed by atoms with Gasteiger partial charge in [-0.2, -0.15) is 0 Å². The number of unbranched alkanes of at least 4 members (excludes halogenated alkanes) is 11. The minimum Gasteiger partial charge on any atom is -0.481 e. The maximum absolute atomic E-state index is 13.1. The van der Waals surface area contributed by atoms with Crippen LogP contribution in [0.1, 0.15) is 96.8 Å². The average Bonchev–Trinajstić information content (AvgIpc) is 3.30. The normalized spacial score (nSPS) is 12.0. The van der Waals surface area contributed by atoms with Crippen molar-refractivity contribution in [2.45, 2.75) is 96.8 Å². The number of benzene rings is 2. The molecule has 0 aliphatic rings. The number of carbonyl (C=O) groups excluding carboxylic acids is 1. The fourth-order valence-electron chi connectivity index (χ4n) is 5.47. The Kier molecular flexibility index (Phi) is 14.6. The summed E-state index contributed by atoms with van der Waals surface area (Å²) >= 11 is 0. The summed E-state index contributed by atoms with van der Waals surface area (Å²) < 4.78 is 3.37. The van der Waals surface area contributed by atoms with Crippen LogP contribution in [-0.2, 0) is 16.6 Å². The summed E-state index contributed by atoms with van der Waals surface area (Å²) in [4.78, 5) is 37.4. The Morgan fingerprint density at radius 2 is 1.49 bits per heavy atom. The van der Waals surface area contributed by atoms with Crippen LogP contribution in [0.5, 0.6) is 0 Å². The standard InChI is InChI=1S/C36H49N3O4/c1-3-4-5-6-7-8-9-10-11-12-13-14-15-17-21-30(27-35(41)42)36(43)37-31-23-20-22-29(26-31)33-28-34(40)39(38(33)2)32-24-18-16-19-25-32/h15-20,22-26,28,30H,3-14,21,27H2,1-2H3,(H,37,43)(H,41,42)/b17-15-/t30-/m1/s1. The van der Waals surface area contributed by atoms with Crippen molar-refractivity contribution < 1.29 is 14.7 Å². The summed E-state index contributed by atoms with van der Waals surface area (Å²) in [5.74, 6) is -1.99. The molecule has 1 aromatic heterocycles. The minimum atomic E-state index is -0.995. The van der Waals surface area contributed by atoms with E-state index in [0.717, 1.165) is 24.1 Å². The predicted molar refractivity (Wildman–Crippen MR) is 176 cm³/mol. The quantitative estimate of drug-likeness (QED) is 0.102. The summed E-state index contributed by atoms with van der Waals surface area (Å²) in [6, 6.07) is 18.3. The van der Waals surface area contributed by atoms with Crippen molar-refractivity contribution in [1.82, 2.24) is 9.36 Å². The minimum absolute atomic E-state index is 0.153. The zero-order valence-corrected chi connectivity index (χ0v) is 26.0. The van der Waals surface area contributed by atoms with Gasteiger partial charge in [-0.15, -0.1) is 0 Å². The van der Waals surface area contributed by atoms with Gasteiger partial charge in [0.05, 0.1) is 23.7 Å². The van der Waals surface area contributed by atoms with E-state index in [9.17, 15) is 19.5 Å². The summed E-state index contributed by atoms with van der Waals surface area (Å²) in [5, 5.41) is 12.3. The number of aliphatic carboxylic acids is 1. The number of nitrogens with one attached hydrogen (secondary N) is 1. The molecule has 3 rings (SSSR count). The van der Waals surface area contributed by atoms with Crippen molar-refractivity contribution in [3.8, 4) is 16.9 Å². The highest BCUT2D eigenvalue weighted by Gasteiger charge is 2.21. The van der Waals surface area contributed by atoms with E-state index in [4.69, 9.17) is 0 Å². The number of hydrogen-bond acceptors (Lipinski definition) is 3. The number of rotatable bonds is 20. The molecular formula is C36H49N3O4. The summed E-state index contributed by atoms with van der Waals surface area (Å²) in [6.07, 6.45) is 19.4. The van der Waals surface area contributed by atoms with Crippen molar-refractivity contribution in [2.75, 3.05) is 5.32 Å². The average molecular weight is 588 g/mol. The smallest absolute Gasteiger partial charge is 0.304 e. The van der Waals surface area contributed by atoms with Crippen LogP contribution in [-0.4, -0.2) is 26.3 Å². The van der Waals surface area contributed by atoms with Crippen molar-refractivity contribution in [3.05, 3.63) is 83.2 Å². The third-order valence-electron chi connectivity index (χ3n) is 7.90. The lowest BCUT2D eigenvalue weighted by atomic mass is 9.99. The van der Waals surface area contributed by atoms with Gasteiger partial charge in [0.2, 0.25) is 5.91 Å². The second kappa shape index (κ2) is 18.6. The molecule has 0 fully saturated rings. The first-order chi connectivity index (χ1) is 20.9. The highest BCUT2D eigenvalue weighted by atomic mass is 16.4. The van der Waals surface area contributed by atoms with E-state index in [2.05, 4.69) is 18.3 Å². The van der Waals surface area contributed by atoms with Crippen LogP contribution in [0.3, 0.4) is 0 Å². The third-order valence-corrected chi connectivity index (χ3v) is 7.90. The number of allylic oxidation sites excluding steroid dienone is 2. The molecule has 0 saturated carbocycles. The van der Waals surface area contributed by atoms with E-state index >= 15 is 0 Å². The van der Waals surface area contributed by atoms with Gasteiger partial charge in [0, 0.05) is 24.4 Å². The molecule has 3 aromatic rings. The van der Waals surface area contributed by atoms with E-state index in [0.29, 0.717) is 17.8 Å². The summed E-state index contributed by atoms with van der Waals surface area (Å²) in [7, 11) is 1.82. The van der Waals surface area contributed by atoms with Gasteiger partial charge in [-0.05, 0) is 43.5 Å². The monoisotopic (exact) mass is 587 g/mol. The van der Waals surface area contributed by atoms with Crippen molar-refractivity contribution in [1.29, 1.82) is 0 Å². The molecule has 43 heavy (non-hydrogen) atoms. The Morgan fingerprint density at radius 3 is 2.14 bits per heavy atom. The number of nitrogens with zero attached hydrogens (tertiary/aromatic N) is 2. The molecule has 0 radical (unpaired) electrons. The fraction of sp³-hybridized carbons (Fsp3) is 0.472. The Hall–Kier alpha value is -3.87. The lowest BCUT2D eigenvalue weighted by Gasteiger charge is -2.15. The van der Waals surface area contributed by atoms with Gasteiger partial charge in [-0.3, -0.25) is 19.1 Å². The lowest BCUT2D eigenvalue weighted by Crippen LogP contribution is -2.24. The molecule has 0 unspecified atom stereocenters. The van der Waals surface area contributed by atoms with Crippen LogP contribution in [0, 0.1) is 5.92 Å². The van der Waals surface area contributed by atoms with Crippen LogP contribution in [0.25, 0.3) is 16.9 Å². The zero-order chi connectivity index (χ0) is 30.9. The largest absolute Gasteiger partial charge is 0.481 e. The lowest BCUT2D eigenvalue weighted by molar-refractivity contribution is -0.140. The first-order valence-corrected chi connectivity index (χ1v) is 16.0. The molecular weight excluding hydrogens is 538 g/mol. The van der Waals surface area contributed by atoms with Gasteiger partial charge in [0.25, 0.3) is 5.56 Å². The van der Waals surface area contributed by atoms with E-state index < -0.39 is 11.9 Å².